The van der Waals surface area contributed by atoms with Crippen molar-refractivity contribution in [2.75, 3.05) is 13.2 Å². The lowest BCUT2D eigenvalue weighted by Crippen LogP contribution is -2.30. The van der Waals surface area contributed by atoms with Gasteiger partial charge in [0.2, 0.25) is 0 Å². The van der Waals surface area contributed by atoms with Crippen LogP contribution in [0.4, 0.5) is 0 Å². The number of ether oxygens (including phenoxy) is 3. The molecular weight excluding hydrogens is 817 g/mol. The predicted molar refractivity (Wildman–Crippen MR) is 284 cm³/mol. The quantitative estimate of drug-likeness (QED) is 0.0343. The summed E-state index contributed by atoms with van der Waals surface area (Å²) in [6, 6.07) is 0. The van der Waals surface area contributed by atoms with Gasteiger partial charge in [0.25, 0.3) is 0 Å². The molecule has 0 saturated carbocycles. The smallest absolute Gasteiger partial charge is 0.306 e. The van der Waals surface area contributed by atoms with Crippen LogP contribution in [0.15, 0.2) is 0 Å². The van der Waals surface area contributed by atoms with Gasteiger partial charge in [-0.3, -0.25) is 14.4 Å². The molecule has 0 aliphatic rings. The molecule has 0 heterocycles. The first-order valence-electron chi connectivity index (χ1n) is 29.7. The van der Waals surface area contributed by atoms with E-state index >= 15 is 0 Å². The Balaban J connectivity index is 4.29. The minimum atomic E-state index is -0.764. The Labute approximate surface area is 412 Å². The maximum absolute atomic E-state index is 12.9. The second kappa shape index (κ2) is 51.3. The van der Waals surface area contributed by atoms with Crippen LogP contribution in [0, 0.1) is 17.8 Å². The van der Waals surface area contributed by atoms with Gasteiger partial charge in [-0.05, 0) is 37.0 Å². The highest BCUT2D eigenvalue weighted by atomic mass is 16.6. The summed E-state index contributed by atoms with van der Waals surface area (Å²) in [5.74, 6) is 1.76. The third-order valence-corrected chi connectivity index (χ3v) is 14.4. The molecule has 0 spiro atoms. The molecule has 3 atom stereocenters. The number of carbonyl (C=O) groups is 3. The molecule has 0 fully saturated rings. The Hall–Kier alpha value is -1.59. The Kier molecular flexibility index (Phi) is 50.0. The van der Waals surface area contributed by atoms with Crippen LogP contribution in [0.1, 0.15) is 330 Å². The first-order valence-corrected chi connectivity index (χ1v) is 29.7. The van der Waals surface area contributed by atoms with Gasteiger partial charge in [-0.15, -0.1) is 0 Å². The molecule has 0 aliphatic heterocycles. The average Bonchev–Trinajstić information content (AvgIpc) is 3.30. The van der Waals surface area contributed by atoms with E-state index in [0.29, 0.717) is 19.3 Å². The zero-order chi connectivity index (χ0) is 48.4. The van der Waals surface area contributed by atoms with Crippen LogP contribution < -0.4 is 0 Å². The highest BCUT2D eigenvalue weighted by Gasteiger charge is 2.19. The second-order valence-electron chi connectivity index (χ2n) is 21.6. The van der Waals surface area contributed by atoms with Crippen molar-refractivity contribution < 1.29 is 28.6 Å². The Morgan fingerprint density at radius 1 is 0.303 bits per heavy atom. The van der Waals surface area contributed by atoms with Crippen LogP contribution in [0.25, 0.3) is 0 Å². The van der Waals surface area contributed by atoms with Crippen molar-refractivity contribution >= 4 is 17.9 Å². The monoisotopic (exact) mass is 933 g/mol. The number of carbonyl (C=O) groups excluding carboxylic acids is 3. The number of hydrogen-bond acceptors (Lipinski definition) is 6. The molecule has 0 aromatic carbocycles. The topological polar surface area (TPSA) is 78.9 Å². The maximum atomic E-state index is 12.9. The fraction of sp³-hybridized carbons (Fsp3) is 0.950. The Bertz CT molecular complexity index is 1030. The minimum absolute atomic E-state index is 0.0635. The Morgan fingerprint density at radius 3 is 0.788 bits per heavy atom. The Morgan fingerprint density at radius 2 is 0.530 bits per heavy atom. The third-order valence-electron chi connectivity index (χ3n) is 14.4. The molecule has 6 nitrogen and oxygen atoms in total. The van der Waals surface area contributed by atoms with Gasteiger partial charge in [0.1, 0.15) is 13.2 Å². The van der Waals surface area contributed by atoms with E-state index in [0.717, 1.165) is 75.5 Å². The third kappa shape index (κ3) is 50.3. The number of hydrogen-bond donors (Lipinski definition) is 0. The SMILES string of the molecule is CCC(C)CCCCCCCCCCCCCCCCC(=O)OC[C@H](COC(=O)CCCCCCCCCCCC(C)C)OC(=O)CCCCCCCCCCCCCCCCC(C)CC. The molecule has 0 bridgehead atoms. The molecule has 0 radical (unpaired) electrons. The van der Waals surface area contributed by atoms with E-state index in [9.17, 15) is 14.4 Å². The van der Waals surface area contributed by atoms with E-state index < -0.39 is 6.10 Å². The van der Waals surface area contributed by atoms with Crippen molar-refractivity contribution in [1.82, 2.24) is 0 Å². The molecule has 0 N–H and O–H groups in total. The zero-order valence-electron chi connectivity index (χ0n) is 45.5. The summed E-state index contributed by atoms with van der Waals surface area (Å²) in [5.41, 5.74) is 0. The fourth-order valence-electron chi connectivity index (χ4n) is 9.11. The van der Waals surface area contributed by atoms with Gasteiger partial charge in [-0.25, -0.2) is 0 Å². The van der Waals surface area contributed by atoms with Gasteiger partial charge in [0.15, 0.2) is 6.10 Å². The van der Waals surface area contributed by atoms with Crippen molar-refractivity contribution in [3.05, 3.63) is 0 Å². The number of unbranched alkanes of at least 4 members (excludes halogenated alkanes) is 34. The largest absolute Gasteiger partial charge is 0.462 e. The lowest BCUT2D eigenvalue weighted by Gasteiger charge is -2.18. The van der Waals surface area contributed by atoms with Gasteiger partial charge in [0, 0.05) is 19.3 Å². The highest BCUT2D eigenvalue weighted by Crippen LogP contribution is 2.19. The van der Waals surface area contributed by atoms with Crippen LogP contribution >= 0.6 is 0 Å². The predicted octanol–water partition coefficient (Wildman–Crippen LogP) is 19.5. The van der Waals surface area contributed by atoms with E-state index in [1.54, 1.807) is 0 Å². The molecule has 0 amide bonds. The van der Waals surface area contributed by atoms with E-state index in [1.807, 2.05) is 0 Å². The molecule has 0 saturated heterocycles. The molecule has 2 unspecified atom stereocenters. The molecular formula is C60H116O6. The lowest BCUT2D eigenvalue weighted by molar-refractivity contribution is -0.167. The first-order chi connectivity index (χ1) is 32.2. The fourth-order valence-corrected chi connectivity index (χ4v) is 9.11. The van der Waals surface area contributed by atoms with Gasteiger partial charge in [0.05, 0.1) is 0 Å². The average molecular weight is 934 g/mol. The molecule has 0 rings (SSSR count). The van der Waals surface area contributed by atoms with E-state index in [4.69, 9.17) is 14.2 Å². The van der Waals surface area contributed by atoms with Gasteiger partial charge >= 0.3 is 17.9 Å². The summed E-state index contributed by atoms with van der Waals surface area (Å²) >= 11 is 0. The van der Waals surface area contributed by atoms with Crippen molar-refractivity contribution in [3.63, 3.8) is 0 Å². The van der Waals surface area contributed by atoms with Crippen molar-refractivity contribution in [2.24, 2.45) is 17.8 Å². The molecule has 66 heavy (non-hydrogen) atoms. The van der Waals surface area contributed by atoms with Crippen LogP contribution in [0.3, 0.4) is 0 Å². The number of esters is 3. The van der Waals surface area contributed by atoms with Gasteiger partial charge in [-0.2, -0.15) is 0 Å². The van der Waals surface area contributed by atoms with Crippen molar-refractivity contribution in [3.8, 4) is 0 Å². The summed E-state index contributed by atoms with van der Waals surface area (Å²) in [4.78, 5) is 38.2. The van der Waals surface area contributed by atoms with Crippen LogP contribution in [-0.4, -0.2) is 37.2 Å². The number of rotatable bonds is 53. The van der Waals surface area contributed by atoms with Gasteiger partial charge < -0.3 is 14.2 Å². The molecule has 0 aromatic heterocycles. The maximum Gasteiger partial charge on any atom is 0.306 e. The molecule has 0 aliphatic carbocycles. The summed E-state index contributed by atoms with van der Waals surface area (Å²) in [5, 5.41) is 0. The minimum Gasteiger partial charge on any atom is -0.462 e. The van der Waals surface area contributed by atoms with Crippen molar-refractivity contribution in [1.29, 1.82) is 0 Å². The zero-order valence-corrected chi connectivity index (χ0v) is 45.5. The normalized spacial score (nSPS) is 13.0. The lowest BCUT2D eigenvalue weighted by atomic mass is 9.99. The molecule has 392 valence electrons. The summed E-state index contributed by atoms with van der Waals surface area (Å²) in [6.45, 7) is 13.8. The summed E-state index contributed by atoms with van der Waals surface area (Å²) in [7, 11) is 0. The standard InChI is InChI=1S/C60H116O6/c1-7-55(5)47-41-35-29-23-17-13-9-11-15-19-25-31-37-43-49-58(61)64-52-57(53-65-59(62)50-44-38-32-27-21-22-28-34-40-46-54(3)4)66-60(63)51-45-39-33-26-20-16-12-10-14-18-24-30-36-42-48-56(6)8-2/h54-57H,7-53H2,1-6H3/t55?,56?,57-/m1/s1. The van der Waals surface area contributed by atoms with E-state index in [1.165, 1.54) is 212 Å². The van der Waals surface area contributed by atoms with E-state index in [-0.39, 0.29) is 31.1 Å². The van der Waals surface area contributed by atoms with Gasteiger partial charge in [-0.1, -0.05) is 292 Å². The highest BCUT2D eigenvalue weighted by molar-refractivity contribution is 5.71. The second-order valence-corrected chi connectivity index (χ2v) is 21.6. The van der Waals surface area contributed by atoms with Crippen LogP contribution in [-0.2, 0) is 28.6 Å². The van der Waals surface area contributed by atoms with E-state index in [2.05, 4.69) is 41.5 Å². The first kappa shape index (κ1) is 64.4. The van der Waals surface area contributed by atoms with Crippen LogP contribution in [0.2, 0.25) is 0 Å². The molecule has 6 heteroatoms. The van der Waals surface area contributed by atoms with Crippen molar-refractivity contribution in [2.45, 2.75) is 337 Å². The summed E-state index contributed by atoms with van der Waals surface area (Å²) < 4.78 is 16.9. The molecule has 0 aromatic rings. The van der Waals surface area contributed by atoms with Crippen LogP contribution in [0.5, 0.6) is 0 Å². The summed E-state index contributed by atoms with van der Waals surface area (Å²) in [6.07, 6.45) is 53.7.